The molecule has 2 heterocycles. The van der Waals surface area contributed by atoms with Crippen LogP contribution in [-0.2, 0) is 9.47 Å². The molecule has 170 valence electrons. The SMILES string of the molecule is COC(=O)c1c(Br)c2c(c(OC)c1-c1c(OC)c3c(c(Br)c1C(=O)OC)OCO3)OCO2. The van der Waals surface area contributed by atoms with E-state index in [4.69, 9.17) is 37.9 Å². The van der Waals surface area contributed by atoms with Gasteiger partial charge in [-0.15, -0.1) is 0 Å². The third-order valence-corrected chi connectivity index (χ3v) is 6.38. The lowest BCUT2D eigenvalue weighted by Crippen LogP contribution is -2.12. The summed E-state index contributed by atoms with van der Waals surface area (Å²) in [5, 5.41) is 0. The number of carbonyl (C=O) groups is 2. The van der Waals surface area contributed by atoms with Gasteiger partial charge in [-0.1, -0.05) is 0 Å². The molecule has 0 radical (unpaired) electrons. The molecule has 32 heavy (non-hydrogen) atoms. The number of halogens is 2. The van der Waals surface area contributed by atoms with Crippen molar-refractivity contribution in [2.45, 2.75) is 0 Å². The zero-order chi connectivity index (χ0) is 23.2. The zero-order valence-electron chi connectivity index (χ0n) is 17.3. The van der Waals surface area contributed by atoms with Crippen LogP contribution < -0.4 is 28.4 Å². The van der Waals surface area contributed by atoms with Crippen molar-refractivity contribution in [3.05, 3.63) is 20.1 Å². The van der Waals surface area contributed by atoms with Gasteiger partial charge < -0.3 is 37.9 Å². The third-order valence-electron chi connectivity index (χ3n) is 4.87. The molecular weight excluding hydrogens is 560 g/mol. The second-order valence-corrected chi connectivity index (χ2v) is 7.89. The minimum Gasteiger partial charge on any atom is -0.492 e. The Labute approximate surface area is 198 Å². The molecule has 4 rings (SSSR count). The van der Waals surface area contributed by atoms with E-state index in [0.717, 1.165) is 0 Å². The van der Waals surface area contributed by atoms with Crippen LogP contribution in [0.15, 0.2) is 8.95 Å². The smallest absolute Gasteiger partial charge is 0.339 e. The van der Waals surface area contributed by atoms with Gasteiger partial charge in [0.1, 0.15) is 0 Å². The summed E-state index contributed by atoms with van der Waals surface area (Å²) in [6.07, 6.45) is 0. The van der Waals surface area contributed by atoms with E-state index in [0.29, 0.717) is 0 Å². The maximum atomic E-state index is 12.9. The Kier molecular flexibility index (Phi) is 5.99. The van der Waals surface area contributed by atoms with Crippen molar-refractivity contribution >= 4 is 43.8 Å². The van der Waals surface area contributed by atoms with Crippen molar-refractivity contribution in [2.75, 3.05) is 42.0 Å². The van der Waals surface area contributed by atoms with Crippen molar-refractivity contribution in [3.8, 4) is 45.6 Å². The topological polar surface area (TPSA) is 108 Å². The molecule has 0 bridgehead atoms. The van der Waals surface area contributed by atoms with E-state index in [2.05, 4.69) is 31.9 Å². The van der Waals surface area contributed by atoms with E-state index in [1.165, 1.54) is 28.4 Å². The van der Waals surface area contributed by atoms with Crippen LogP contribution in [0, 0.1) is 0 Å². The van der Waals surface area contributed by atoms with Gasteiger partial charge in [-0.25, -0.2) is 9.59 Å². The van der Waals surface area contributed by atoms with Gasteiger partial charge in [0.05, 0.1) is 48.5 Å². The van der Waals surface area contributed by atoms with Crippen LogP contribution in [0.2, 0.25) is 0 Å². The van der Waals surface area contributed by atoms with E-state index >= 15 is 0 Å². The number of hydrogen-bond acceptors (Lipinski definition) is 10. The van der Waals surface area contributed by atoms with Crippen molar-refractivity contribution in [3.63, 3.8) is 0 Å². The highest BCUT2D eigenvalue weighted by Gasteiger charge is 2.40. The number of rotatable bonds is 5. The van der Waals surface area contributed by atoms with Crippen LogP contribution >= 0.6 is 31.9 Å². The summed E-state index contributed by atoms with van der Waals surface area (Å²) < 4.78 is 44.0. The second kappa shape index (κ2) is 8.58. The minimum absolute atomic E-state index is 0.0165. The highest BCUT2D eigenvalue weighted by atomic mass is 79.9. The third kappa shape index (κ3) is 3.12. The zero-order valence-corrected chi connectivity index (χ0v) is 20.4. The quantitative estimate of drug-likeness (QED) is 0.487. The molecule has 0 aromatic heterocycles. The molecule has 0 saturated carbocycles. The lowest BCUT2D eigenvalue weighted by Gasteiger charge is -2.22. The molecule has 0 fully saturated rings. The number of methoxy groups -OCH3 is 4. The molecule has 12 heteroatoms. The van der Waals surface area contributed by atoms with Gasteiger partial charge in [-0.2, -0.15) is 0 Å². The first-order chi connectivity index (χ1) is 15.4. The molecule has 2 aliphatic rings. The van der Waals surface area contributed by atoms with Crippen LogP contribution in [0.3, 0.4) is 0 Å². The Morgan fingerprint density at radius 3 is 1.31 bits per heavy atom. The van der Waals surface area contributed by atoms with E-state index in [9.17, 15) is 9.59 Å². The standard InChI is InChI=1S/C20H16Br2O10/c1-25-13-7(9(19(23)27-3)11(21)15-17(13)31-5-29-15)8-10(20(24)28-4)12(22)16-18(14(8)26-2)32-6-30-16/h5-6H2,1-4H3. The first-order valence-electron chi connectivity index (χ1n) is 8.96. The molecule has 0 amide bonds. The molecule has 0 spiro atoms. The van der Waals surface area contributed by atoms with Crippen molar-refractivity contribution in [1.82, 2.24) is 0 Å². The van der Waals surface area contributed by atoms with Crippen LogP contribution in [-0.4, -0.2) is 54.0 Å². The van der Waals surface area contributed by atoms with E-state index < -0.39 is 11.9 Å². The summed E-state index contributed by atoms with van der Waals surface area (Å²) in [6, 6.07) is 0. The Balaban J connectivity index is 2.25. The Morgan fingerprint density at radius 2 is 1.00 bits per heavy atom. The summed E-state index contributed by atoms with van der Waals surface area (Å²) in [5.41, 5.74) is 0.323. The average molecular weight is 576 g/mol. The van der Waals surface area contributed by atoms with Crippen molar-refractivity contribution < 1.29 is 47.5 Å². The number of ether oxygens (including phenoxy) is 8. The summed E-state index contributed by atoms with van der Waals surface area (Å²) >= 11 is 6.81. The first kappa shape index (κ1) is 22.3. The average Bonchev–Trinajstić information content (AvgIpc) is 3.48. The van der Waals surface area contributed by atoms with Gasteiger partial charge in [0.25, 0.3) is 0 Å². The second-order valence-electron chi connectivity index (χ2n) is 6.31. The number of carbonyl (C=O) groups excluding carboxylic acids is 2. The van der Waals surface area contributed by atoms with Crippen LogP contribution in [0.1, 0.15) is 20.7 Å². The van der Waals surface area contributed by atoms with Gasteiger partial charge in [0, 0.05) is 11.1 Å². The summed E-state index contributed by atoms with van der Waals surface area (Å²) in [7, 11) is 5.23. The van der Waals surface area contributed by atoms with E-state index in [1.807, 2.05) is 0 Å². The molecule has 0 atom stereocenters. The molecule has 10 nitrogen and oxygen atoms in total. The highest BCUT2D eigenvalue weighted by molar-refractivity contribution is 9.11. The van der Waals surface area contributed by atoms with Crippen LogP contribution in [0.4, 0.5) is 0 Å². The first-order valence-corrected chi connectivity index (χ1v) is 10.5. The lowest BCUT2D eigenvalue weighted by atomic mass is 9.91. The fourth-order valence-electron chi connectivity index (χ4n) is 3.57. The lowest BCUT2D eigenvalue weighted by molar-refractivity contribution is 0.0588. The monoisotopic (exact) mass is 574 g/mol. The van der Waals surface area contributed by atoms with Gasteiger partial charge in [-0.05, 0) is 31.9 Å². The fourth-order valence-corrected chi connectivity index (χ4v) is 4.88. The number of esters is 2. The maximum absolute atomic E-state index is 12.9. The minimum atomic E-state index is -0.727. The largest absolute Gasteiger partial charge is 0.492 e. The molecule has 2 aromatic carbocycles. The Bertz CT molecular complexity index is 1060. The Hall–Kier alpha value is -2.86. The van der Waals surface area contributed by atoms with E-state index in [1.54, 1.807) is 0 Å². The maximum Gasteiger partial charge on any atom is 0.339 e. The van der Waals surface area contributed by atoms with Gasteiger partial charge in [0.2, 0.25) is 25.1 Å². The molecule has 0 saturated heterocycles. The van der Waals surface area contributed by atoms with E-state index in [-0.39, 0.29) is 79.3 Å². The normalized spacial score (nSPS) is 13.1. The van der Waals surface area contributed by atoms with Crippen molar-refractivity contribution in [2.24, 2.45) is 0 Å². The fraction of sp³-hybridized carbons (Fsp3) is 0.300. The van der Waals surface area contributed by atoms with Crippen LogP contribution in [0.25, 0.3) is 11.1 Å². The molecule has 2 aromatic rings. The van der Waals surface area contributed by atoms with Gasteiger partial charge >= 0.3 is 11.9 Å². The molecule has 0 N–H and O–H groups in total. The summed E-state index contributed by atoms with van der Waals surface area (Å²) in [5.74, 6) is -0.243. The van der Waals surface area contributed by atoms with Gasteiger partial charge in [0.15, 0.2) is 23.0 Å². The predicted octanol–water partition coefficient (Wildman–Crippen LogP) is 3.93. The highest BCUT2D eigenvalue weighted by Crippen LogP contribution is 2.60. The molecular formula is C20H16Br2O10. The Morgan fingerprint density at radius 1 is 0.656 bits per heavy atom. The molecule has 2 aliphatic heterocycles. The number of benzene rings is 2. The number of hydrogen-bond donors (Lipinski definition) is 0. The predicted molar refractivity (Wildman–Crippen MR) is 115 cm³/mol. The van der Waals surface area contributed by atoms with Crippen LogP contribution in [0.5, 0.6) is 34.5 Å². The van der Waals surface area contributed by atoms with Gasteiger partial charge in [-0.3, -0.25) is 0 Å². The van der Waals surface area contributed by atoms with Crippen molar-refractivity contribution in [1.29, 1.82) is 0 Å². The molecule has 0 unspecified atom stereocenters. The summed E-state index contributed by atoms with van der Waals surface area (Å²) in [6.45, 7) is -0.194. The summed E-state index contributed by atoms with van der Waals surface area (Å²) in [4.78, 5) is 25.9. The molecule has 0 aliphatic carbocycles. The number of fused-ring (bicyclic) bond motifs is 2.